The van der Waals surface area contributed by atoms with E-state index in [0.717, 1.165) is 38.9 Å². The highest BCUT2D eigenvalue weighted by atomic mass is 16.2. The van der Waals surface area contributed by atoms with Crippen LogP contribution in [0.4, 0.5) is 0 Å². The van der Waals surface area contributed by atoms with Crippen molar-refractivity contribution in [2.45, 2.75) is 25.7 Å². The molecule has 0 atom stereocenters. The topological polar surface area (TPSA) is 49.6 Å². The molecule has 15 heavy (non-hydrogen) atoms. The number of carbonyl (C=O) groups is 1. The number of carbonyl (C=O) groups excluding carboxylic acids is 1. The number of nitrogens with zero attached hydrogens (tertiary/aromatic N) is 2. The van der Waals surface area contributed by atoms with Gasteiger partial charge in [-0.25, -0.2) is 0 Å². The molecular formula is C11H23N3O. The molecule has 0 radical (unpaired) electrons. The van der Waals surface area contributed by atoms with Crippen LogP contribution in [0.3, 0.4) is 0 Å². The van der Waals surface area contributed by atoms with Gasteiger partial charge in [-0.2, -0.15) is 0 Å². The molecular weight excluding hydrogens is 190 g/mol. The monoisotopic (exact) mass is 213 g/mol. The molecule has 88 valence electrons. The predicted molar refractivity (Wildman–Crippen MR) is 61.6 cm³/mol. The summed E-state index contributed by atoms with van der Waals surface area (Å²) in [5, 5.41) is 0. The molecule has 1 rings (SSSR count). The van der Waals surface area contributed by atoms with Gasteiger partial charge in [-0.05, 0) is 45.8 Å². The molecule has 1 saturated heterocycles. The Morgan fingerprint density at radius 3 is 2.60 bits per heavy atom. The molecule has 1 fully saturated rings. The van der Waals surface area contributed by atoms with E-state index in [1.165, 1.54) is 6.42 Å². The van der Waals surface area contributed by atoms with Gasteiger partial charge in [-0.3, -0.25) is 9.69 Å². The fourth-order valence-corrected chi connectivity index (χ4v) is 1.91. The van der Waals surface area contributed by atoms with Gasteiger partial charge in [0.25, 0.3) is 0 Å². The third-order valence-corrected chi connectivity index (χ3v) is 2.86. The van der Waals surface area contributed by atoms with Crippen LogP contribution < -0.4 is 5.73 Å². The normalized spacial score (nSPS) is 17.1. The first-order chi connectivity index (χ1) is 7.24. The summed E-state index contributed by atoms with van der Waals surface area (Å²) < 4.78 is 0. The van der Waals surface area contributed by atoms with Crippen LogP contribution in [0.25, 0.3) is 0 Å². The van der Waals surface area contributed by atoms with Crippen molar-refractivity contribution in [1.29, 1.82) is 0 Å². The zero-order chi connectivity index (χ0) is 11.1. The summed E-state index contributed by atoms with van der Waals surface area (Å²) in [6.07, 6.45) is 4.56. The summed E-state index contributed by atoms with van der Waals surface area (Å²) in [7, 11) is 1.98. The molecule has 0 aromatic rings. The molecule has 0 spiro atoms. The quantitative estimate of drug-likeness (QED) is 0.713. The molecule has 0 bridgehead atoms. The number of nitrogens with two attached hydrogens (primary N) is 1. The first-order valence-electron chi connectivity index (χ1n) is 5.90. The van der Waals surface area contributed by atoms with Crippen LogP contribution in [-0.4, -0.2) is 55.5 Å². The lowest BCUT2D eigenvalue weighted by atomic mass is 10.1. The van der Waals surface area contributed by atoms with Gasteiger partial charge in [-0.15, -0.1) is 0 Å². The van der Waals surface area contributed by atoms with Gasteiger partial charge in [0.15, 0.2) is 0 Å². The minimum Gasteiger partial charge on any atom is -0.342 e. The van der Waals surface area contributed by atoms with E-state index in [2.05, 4.69) is 4.90 Å². The van der Waals surface area contributed by atoms with E-state index < -0.39 is 0 Å². The Morgan fingerprint density at radius 1 is 1.33 bits per heavy atom. The Balaban J connectivity index is 2.21. The maximum Gasteiger partial charge on any atom is 0.236 e. The third-order valence-electron chi connectivity index (χ3n) is 2.86. The highest BCUT2D eigenvalue weighted by Crippen LogP contribution is 2.08. The number of hydrogen-bond acceptors (Lipinski definition) is 3. The largest absolute Gasteiger partial charge is 0.342 e. The third kappa shape index (κ3) is 4.62. The van der Waals surface area contributed by atoms with Crippen LogP contribution in [0, 0.1) is 0 Å². The number of amides is 1. The Kier molecular flexibility index (Phi) is 5.65. The highest BCUT2D eigenvalue weighted by molar-refractivity contribution is 5.78. The molecule has 1 aliphatic heterocycles. The van der Waals surface area contributed by atoms with Crippen LogP contribution in [-0.2, 0) is 4.79 Å². The van der Waals surface area contributed by atoms with Crippen LogP contribution in [0.15, 0.2) is 0 Å². The number of rotatable bonds is 5. The van der Waals surface area contributed by atoms with Gasteiger partial charge < -0.3 is 10.6 Å². The van der Waals surface area contributed by atoms with Crippen LogP contribution in [0.1, 0.15) is 25.7 Å². The van der Waals surface area contributed by atoms with Gasteiger partial charge in [0.05, 0.1) is 6.54 Å². The highest BCUT2D eigenvalue weighted by Gasteiger charge is 2.17. The Hall–Kier alpha value is -0.610. The van der Waals surface area contributed by atoms with Gasteiger partial charge in [0, 0.05) is 13.1 Å². The minimum absolute atomic E-state index is 0.272. The Morgan fingerprint density at radius 2 is 2.00 bits per heavy atom. The summed E-state index contributed by atoms with van der Waals surface area (Å²) in [6, 6.07) is 0. The lowest BCUT2D eigenvalue weighted by Gasteiger charge is -2.28. The van der Waals surface area contributed by atoms with E-state index in [1.54, 1.807) is 0 Å². The zero-order valence-electron chi connectivity index (χ0n) is 9.74. The lowest BCUT2D eigenvalue weighted by molar-refractivity contribution is -0.133. The van der Waals surface area contributed by atoms with Crippen molar-refractivity contribution in [3.63, 3.8) is 0 Å². The van der Waals surface area contributed by atoms with Gasteiger partial charge in [0.2, 0.25) is 5.91 Å². The first-order valence-corrected chi connectivity index (χ1v) is 5.90. The molecule has 1 aliphatic rings. The summed E-state index contributed by atoms with van der Waals surface area (Å²) in [4.78, 5) is 15.9. The van der Waals surface area contributed by atoms with E-state index in [4.69, 9.17) is 5.73 Å². The van der Waals surface area contributed by atoms with E-state index in [1.807, 2.05) is 11.9 Å². The molecule has 0 unspecified atom stereocenters. The number of likely N-dealkylation sites (N-methyl/N-ethyl adjacent to an activating group) is 1. The summed E-state index contributed by atoms with van der Waals surface area (Å²) >= 11 is 0. The summed E-state index contributed by atoms with van der Waals surface area (Å²) in [5.74, 6) is 0.272. The molecule has 0 saturated carbocycles. The lowest BCUT2D eigenvalue weighted by Crippen LogP contribution is -2.42. The molecule has 1 amide bonds. The average molecular weight is 213 g/mol. The second-order valence-electron chi connectivity index (χ2n) is 4.32. The van der Waals surface area contributed by atoms with E-state index >= 15 is 0 Å². The average Bonchev–Trinajstić information content (AvgIpc) is 2.27. The van der Waals surface area contributed by atoms with Crippen molar-refractivity contribution in [3.05, 3.63) is 0 Å². The van der Waals surface area contributed by atoms with Crippen molar-refractivity contribution in [2.24, 2.45) is 5.73 Å². The number of piperidine rings is 1. The molecule has 4 heteroatoms. The van der Waals surface area contributed by atoms with Crippen LogP contribution >= 0.6 is 0 Å². The number of hydrogen-bond donors (Lipinski definition) is 1. The first kappa shape index (κ1) is 12.5. The van der Waals surface area contributed by atoms with Gasteiger partial charge in [0.1, 0.15) is 0 Å². The second-order valence-corrected chi connectivity index (χ2v) is 4.32. The van der Waals surface area contributed by atoms with Crippen molar-refractivity contribution in [3.8, 4) is 0 Å². The minimum atomic E-state index is 0.272. The fourth-order valence-electron chi connectivity index (χ4n) is 1.91. The molecule has 2 N–H and O–H groups in total. The SMILES string of the molecule is CN(CCCN)CC(=O)N1CCCCC1. The maximum absolute atomic E-state index is 11.8. The zero-order valence-corrected chi connectivity index (χ0v) is 9.74. The van der Waals surface area contributed by atoms with Crippen molar-refractivity contribution >= 4 is 5.91 Å². The van der Waals surface area contributed by atoms with Gasteiger partial charge in [-0.1, -0.05) is 0 Å². The molecule has 0 aromatic carbocycles. The van der Waals surface area contributed by atoms with Crippen molar-refractivity contribution in [2.75, 3.05) is 39.8 Å². The van der Waals surface area contributed by atoms with Crippen LogP contribution in [0.5, 0.6) is 0 Å². The van der Waals surface area contributed by atoms with E-state index in [-0.39, 0.29) is 5.91 Å². The van der Waals surface area contributed by atoms with Gasteiger partial charge >= 0.3 is 0 Å². The second kappa shape index (κ2) is 6.80. The molecule has 0 aromatic heterocycles. The standard InChI is InChI=1S/C11H23N3O/c1-13(7-5-6-12)10-11(15)14-8-3-2-4-9-14/h2-10,12H2,1H3. The smallest absolute Gasteiger partial charge is 0.236 e. The van der Waals surface area contributed by atoms with E-state index in [0.29, 0.717) is 13.1 Å². The molecule has 1 heterocycles. The summed E-state index contributed by atoms with van der Waals surface area (Å²) in [6.45, 7) is 4.05. The molecule has 4 nitrogen and oxygen atoms in total. The molecule has 0 aliphatic carbocycles. The summed E-state index contributed by atoms with van der Waals surface area (Å²) in [5.41, 5.74) is 5.43. The Bertz CT molecular complexity index is 190. The fraction of sp³-hybridized carbons (Fsp3) is 0.909. The van der Waals surface area contributed by atoms with Crippen LogP contribution in [0.2, 0.25) is 0 Å². The van der Waals surface area contributed by atoms with Crippen molar-refractivity contribution in [1.82, 2.24) is 9.80 Å². The maximum atomic E-state index is 11.8. The Labute approximate surface area is 92.4 Å². The van der Waals surface area contributed by atoms with Crippen molar-refractivity contribution < 1.29 is 4.79 Å². The number of likely N-dealkylation sites (tertiary alicyclic amines) is 1. The van der Waals surface area contributed by atoms with E-state index in [9.17, 15) is 4.79 Å². The predicted octanol–water partition coefficient (Wildman–Crippen LogP) is 0.280.